The van der Waals surface area contributed by atoms with E-state index in [0.717, 1.165) is 0 Å². The van der Waals surface area contributed by atoms with Gasteiger partial charge in [0.25, 0.3) is 0 Å². The molecule has 0 aromatic rings. The first-order valence-corrected chi connectivity index (χ1v) is 0. The molecule has 0 heterocycles. The largest absolute Gasteiger partial charge is 2.00 e. The molecule has 0 aromatic heterocycles. The van der Waals surface area contributed by atoms with Gasteiger partial charge in [0.15, 0.2) is 0 Å². The monoisotopic (exact) mass is 282 g/mol. The van der Waals surface area contributed by atoms with Crippen LogP contribution in [0.1, 0.15) is 2.85 Å². The minimum absolute atomic E-state index is 0. The zero-order valence-corrected chi connectivity index (χ0v) is 9.65. The van der Waals surface area contributed by atoms with Crippen molar-refractivity contribution in [3.05, 3.63) is 0 Å². The molecular formula is H16BaO6S. The molecule has 12 N–H and O–H groups in total. The minimum Gasteiger partial charge on any atom is -1.00 e. The number of hydrogen-bond donors (Lipinski definition) is 0. The first kappa shape index (κ1) is 258. The average Bonchev–Trinajstić information content (AvgIpc) is 0. The van der Waals surface area contributed by atoms with E-state index in [4.69, 9.17) is 0 Å². The zero-order valence-electron chi connectivity index (χ0n) is 6.21. The van der Waals surface area contributed by atoms with E-state index in [1.54, 1.807) is 0 Å². The number of hydrogen-bond acceptors (Lipinski definition) is 0. The Labute approximate surface area is 97.0 Å². The normalized spacial score (nSPS) is 0. The van der Waals surface area contributed by atoms with Crippen LogP contribution in [0.15, 0.2) is 0 Å². The molecule has 0 amide bonds. The van der Waals surface area contributed by atoms with Gasteiger partial charge in [-0.2, -0.15) is 13.5 Å². The van der Waals surface area contributed by atoms with Crippen molar-refractivity contribution in [2.24, 2.45) is 0 Å². The third-order valence-electron chi connectivity index (χ3n) is 0. The molecule has 0 aromatic carbocycles. The van der Waals surface area contributed by atoms with E-state index in [9.17, 15) is 0 Å². The summed E-state index contributed by atoms with van der Waals surface area (Å²) in [6, 6.07) is 0. The van der Waals surface area contributed by atoms with Crippen LogP contribution < -0.4 is 0 Å². The van der Waals surface area contributed by atoms with Gasteiger partial charge in [-0.3, -0.25) is 0 Å². The summed E-state index contributed by atoms with van der Waals surface area (Å²) in [6.45, 7) is 0. The molecule has 0 aliphatic carbocycles. The Morgan fingerprint density at radius 2 is 0.500 bits per heavy atom. The fourth-order valence-corrected chi connectivity index (χ4v) is 0. The summed E-state index contributed by atoms with van der Waals surface area (Å²) in [6.07, 6.45) is 0. The molecule has 0 aliphatic heterocycles. The summed E-state index contributed by atoms with van der Waals surface area (Å²) >= 11 is 0. The molecule has 0 aliphatic rings. The maximum Gasteiger partial charge on any atom is 2.00 e. The van der Waals surface area contributed by atoms with E-state index >= 15 is 0 Å². The maximum absolute atomic E-state index is 0. The molecule has 0 saturated carbocycles. The maximum atomic E-state index is 0. The second-order valence-electron chi connectivity index (χ2n) is 0. The van der Waals surface area contributed by atoms with Crippen LogP contribution >= 0.6 is 13.5 Å². The Morgan fingerprint density at radius 1 is 0.500 bits per heavy atom. The fourth-order valence-electron chi connectivity index (χ4n) is 0. The standard InChI is InChI=1S/Ba.6H2O.H2S.2H/h;7*1H2;;/q+2;;;;;;;;2*-1. The van der Waals surface area contributed by atoms with Crippen LogP contribution in [0.4, 0.5) is 0 Å². The van der Waals surface area contributed by atoms with Crippen LogP contribution in [0.5, 0.6) is 0 Å². The SMILES string of the molecule is O.O.O.O.O.O.S.[Ba+2].[H-].[H-]. The predicted molar refractivity (Wildman–Crippen MR) is 40.0 cm³/mol. The van der Waals surface area contributed by atoms with Gasteiger partial charge in [-0.15, -0.1) is 0 Å². The molecule has 0 spiro atoms. The Hall–Kier alpha value is 1.68. The quantitative estimate of drug-likeness (QED) is 0.384. The van der Waals surface area contributed by atoms with Crippen molar-refractivity contribution in [3.8, 4) is 0 Å². The van der Waals surface area contributed by atoms with Crippen molar-refractivity contribution >= 4 is 62.4 Å². The summed E-state index contributed by atoms with van der Waals surface area (Å²) in [5.74, 6) is 0. The third-order valence-corrected chi connectivity index (χ3v) is 0. The summed E-state index contributed by atoms with van der Waals surface area (Å²) < 4.78 is 0. The van der Waals surface area contributed by atoms with Gasteiger partial charge in [0.2, 0.25) is 0 Å². The van der Waals surface area contributed by atoms with Crippen LogP contribution in [0, 0.1) is 0 Å². The minimum atomic E-state index is 0. The van der Waals surface area contributed by atoms with E-state index in [1.165, 1.54) is 0 Å². The van der Waals surface area contributed by atoms with E-state index in [2.05, 4.69) is 0 Å². The Morgan fingerprint density at radius 3 is 0.500 bits per heavy atom. The second-order valence-corrected chi connectivity index (χ2v) is 0. The van der Waals surface area contributed by atoms with Crippen LogP contribution in [-0.2, 0) is 0 Å². The molecule has 8 heteroatoms. The van der Waals surface area contributed by atoms with Crippen molar-refractivity contribution in [2.75, 3.05) is 0 Å². The fraction of sp³-hybridized carbons (Fsp3) is 0. The second kappa shape index (κ2) is 181. The smallest absolute Gasteiger partial charge is 1.00 e. The Bertz CT molecular complexity index is 15.7. The first-order chi connectivity index (χ1) is 0. The van der Waals surface area contributed by atoms with E-state index in [0.29, 0.717) is 0 Å². The topological polar surface area (TPSA) is 189 Å². The molecule has 0 radical (unpaired) electrons. The molecule has 0 atom stereocenters. The molecular weight excluding hydrogens is 265 g/mol. The summed E-state index contributed by atoms with van der Waals surface area (Å²) in [4.78, 5) is 0. The van der Waals surface area contributed by atoms with E-state index in [1.807, 2.05) is 0 Å². The predicted octanol–water partition coefficient (Wildman–Crippen LogP) is -4.99. The van der Waals surface area contributed by atoms with Crippen molar-refractivity contribution < 1.29 is 35.7 Å². The van der Waals surface area contributed by atoms with Gasteiger partial charge in [-0.05, 0) is 0 Å². The molecule has 0 bridgehead atoms. The summed E-state index contributed by atoms with van der Waals surface area (Å²) in [5.41, 5.74) is 0. The van der Waals surface area contributed by atoms with Gasteiger partial charge in [-0.1, -0.05) is 0 Å². The molecule has 0 unspecified atom stereocenters. The van der Waals surface area contributed by atoms with Gasteiger partial charge in [-0.25, -0.2) is 0 Å². The van der Waals surface area contributed by atoms with Crippen molar-refractivity contribution in [2.45, 2.75) is 0 Å². The van der Waals surface area contributed by atoms with Gasteiger partial charge in [0.1, 0.15) is 0 Å². The van der Waals surface area contributed by atoms with Crippen LogP contribution in [0.2, 0.25) is 0 Å². The zero-order chi connectivity index (χ0) is 0. The number of rotatable bonds is 0. The van der Waals surface area contributed by atoms with Crippen LogP contribution in [0.25, 0.3) is 0 Å². The van der Waals surface area contributed by atoms with Gasteiger partial charge in [0.05, 0.1) is 0 Å². The Kier molecular flexibility index (Phi) is 5850. The summed E-state index contributed by atoms with van der Waals surface area (Å²) in [7, 11) is 0. The third kappa shape index (κ3) is 121. The van der Waals surface area contributed by atoms with E-state index in [-0.39, 0.29) is 98.1 Å². The molecule has 6 nitrogen and oxygen atoms in total. The molecule has 0 fully saturated rings. The van der Waals surface area contributed by atoms with Gasteiger partial charge >= 0.3 is 48.9 Å². The van der Waals surface area contributed by atoms with Crippen LogP contribution in [-0.4, -0.2) is 81.7 Å². The first-order valence-electron chi connectivity index (χ1n) is 0. The average molecular weight is 282 g/mol. The Balaban J connectivity index is 0. The molecule has 8 heavy (non-hydrogen) atoms. The van der Waals surface area contributed by atoms with Gasteiger partial charge < -0.3 is 35.7 Å². The van der Waals surface area contributed by atoms with Gasteiger partial charge in [0, 0.05) is 0 Å². The van der Waals surface area contributed by atoms with Crippen molar-refractivity contribution in [1.82, 2.24) is 0 Å². The molecule has 0 rings (SSSR count). The molecule has 0 saturated heterocycles. The van der Waals surface area contributed by atoms with Crippen molar-refractivity contribution in [1.29, 1.82) is 0 Å². The van der Waals surface area contributed by atoms with Crippen LogP contribution in [0.3, 0.4) is 0 Å². The van der Waals surface area contributed by atoms with Crippen molar-refractivity contribution in [3.63, 3.8) is 0 Å². The molecule has 60 valence electrons. The summed E-state index contributed by atoms with van der Waals surface area (Å²) in [5, 5.41) is 0. The van der Waals surface area contributed by atoms with E-state index < -0.39 is 0 Å².